The molecule has 0 bridgehead atoms. The lowest BCUT2D eigenvalue weighted by Crippen LogP contribution is -2.20. The monoisotopic (exact) mass is 279 g/mol. The highest BCUT2D eigenvalue weighted by molar-refractivity contribution is 7.84. The number of carbonyl (C=O) groups is 1. The Morgan fingerprint density at radius 2 is 1.94 bits per heavy atom. The molecule has 0 saturated carbocycles. The van der Waals surface area contributed by atoms with Gasteiger partial charge in [0.2, 0.25) is 5.91 Å². The van der Waals surface area contributed by atoms with Crippen molar-refractivity contribution in [3.63, 3.8) is 0 Å². The molecule has 5 heteroatoms. The fourth-order valence-corrected chi connectivity index (χ4v) is 3.32. The second kappa shape index (κ2) is 5.93. The number of hydrogen-bond donors (Lipinski definition) is 1. The first-order valence-electron chi connectivity index (χ1n) is 5.41. The zero-order chi connectivity index (χ0) is 13.0. The minimum Gasteiger partial charge on any atom is -0.369 e. The number of primary amides is 1. The largest absolute Gasteiger partial charge is 0.369 e. The summed E-state index contributed by atoms with van der Waals surface area (Å²) in [6.07, 6.45) is 0. The van der Waals surface area contributed by atoms with Crippen LogP contribution in [0.3, 0.4) is 0 Å². The van der Waals surface area contributed by atoms with E-state index < -0.39 is 16.7 Å². The summed E-state index contributed by atoms with van der Waals surface area (Å²) in [7, 11) is -1.22. The van der Waals surface area contributed by atoms with Gasteiger partial charge in [-0.3, -0.25) is 9.00 Å². The number of amides is 1. The maximum atomic E-state index is 11.5. The summed E-state index contributed by atoms with van der Waals surface area (Å²) in [6, 6.07) is 12.0. The Balaban J connectivity index is 2.04. The van der Waals surface area contributed by atoms with Crippen molar-refractivity contribution in [2.24, 2.45) is 5.73 Å². The lowest BCUT2D eigenvalue weighted by molar-refractivity contribution is -0.115. The first-order valence-corrected chi connectivity index (χ1v) is 7.78. The van der Waals surface area contributed by atoms with Gasteiger partial charge in [-0.2, -0.15) is 0 Å². The minimum absolute atomic E-state index is 0.0767. The van der Waals surface area contributed by atoms with Gasteiger partial charge in [-0.05, 0) is 22.6 Å². The molecule has 0 aliphatic carbocycles. The number of thiophene rings is 1. The van der Waals surface area contributed by atoms with Crippen LogP contribution in [-0.2, 0) is 21.3 Å². The Kier molecular flexibility index (Phi) is 4.28. The maximum absolute atomic E-state index is 11.5. The molecule has 2 N–H and O–H groups in total. The molecule has 1 heterocycles. The van der Waals surface area contributed by atoms with E-state index in [9.17, 15) is 9.00 Å². The van der Waals surface area contributed by atoms with Crippen LogP contribution >= 0.6 is 11.3 Å². The van der Waals surface area contributed by atoms with Gasteiger partial charge in [-0.1, -0.05) is 30.3 Å². The van der Waals surface area contributed by atoms with Crippen molar-refractivity contribution >= 4 is 28.0 Å². The van der Waals surface area contributed by atoms with Gasteiger partial charge >= 0.3 is 0 Å². The Bertz CT molecular complexity index is 547. The highest BCUT2D eigenvalue weighted by Crippen LogP contribution is 2.24. The molecule has 2 rings (SSSR count). The average molecular weight is 279 g/mol. The van der Waals surface area contributed by atoms with Gasteiger partial charge in [0.1, 0.15) is 5.75 Å². The third-order valence-electron chi connectivity index (χ3n) is 2.39. The summed E-state index contributed by atoms with van der Waals surface area (Å²) >= 11 is 1.68. The van der Waals surface area contributed by atoms with Crippen molar-refractivity contribution in [2.45, 2.75) is 5.75 Å². The second-order valence-corrected chi connectivity index (χ2v) is 6.27. The second-order valence-electron chi connectivity index (χ2n) is 3.87. The first-order chi connectivity index (χ1) is 8.65. The molecule has 18 heavy (non-hydrogen) atoms. The molecule has 1 atom stereocenters. The maximum Gasteiger partial charge on any atom is 0.230 e. The van der Waals surface area contributed by atoms with Crippen molar-refractivity contribution in [1.29, 1.82) is 0 Å². The molecule has 3 nitrogen and oxygen atoms in total. The minimum atomic E-state index is -1.22. The van der Waals surface area contributed by atoms with Crippen LogP contribution in [0, 0.1) is 0 Å². The van der Waals surface area contributed by atoms with Gasteiger partial charge in [0.05, 0.1) is 0 Å². The fourth-order valence-electron chi connectivity index (χ4n) is 1.60. The van der Waals surface area contributed by atoms with E-state index in [1.807, 2.05) is 35.7 Å². The highest BCUT2D eigenvalue weighted by Gasteiger charge is 2.06. The van der Waals surface area contributed by atoms with E-state index in [0.717, 1.165) is 11.1 Å². The van der Waals surface area contributed by atoms with Crippen molar-refractivity contribution in [3.8, 4) is 10.4 Å². The van der Waals surface area contributed by atoms with Crippen LogP contribution in [0.5, 0.6) is 0 Å². The van der Waals surface area contributed by atoms with Crippen LogP contribution in [-0.4, -0.2) is 15.9 Å². The predicted molar refractivity (Wildman–Crippen MR) is 75.7 cm³/mol. The van der Waals surface area contributed by atoms with Crippen LogP contribution in [0.1, 0.15) is 5.56 Å². The Labute approximate surface area is 112 Å². The molecular formula is C13H13NO2S2. The highest BCUT2D eigenvalue weighted by atomic mass is 32.2. The zero-order valence-corrected chi connectivity index (χ0v) is 11.3. The van der Waals surface area contributed by atoms with Crippen LogP contribution < -0.4 is 5.73 Å². The van der Waals surface area contributed by atoms with Gasteiger partial charge in [0.15, 0.2) is 0 Å². The standard InChI is InChI=1S/C13H13NO2S2/c14-13(15)9-18(16)8-10-3-5-11(6-4-10)12-2-1-7-17-12/h1-7H,8-9H2,(H2,14,15)/t18-/m1/s1. The number of hydrogen-bond acceptors (Lipinski definition) is 3. The Hall–Kier alpha value is -1.46. The van der Waals surface area contributed by atoms with E-state index in [1.54, 1.807) is 11.3 Å². The molecule has 1 amide bonds. The molecule has 94 valence electrons. The van der Waals surface area contributed by atoms with Crippen molar-refractivity contribution in [1.82, 2.24) is 0 Å². The summed E-state index contributed by atoms with van der Waals surface area (Å²) in [5, 5.41) is 2.03. The molecule has 0 spiro atoms. The molecule has 1 aromatic heterocycles. The van der Waals surface area contributed by atoms with Gasteiger partial charge < -0.3 is 5.73 Å². The van der Waals surface area contributed by atoms with Crippen molar-refractivity contribution < 1.29 is 9.00 Å². The van der Waals surface area contributed by atoms with E-state index in [4.69, 9.17) is 5.73 Å². The van der Waals surface area contributed by atoms with Crippen molar-refractivity contribution in [3.05, 3.63) is 47.3 Å². The zero-order valence-electron chi connectivity index (χ0n) is 9.67. The molecule has 0 saturated heterocycles. The molecule has 0 aliphatic rings. The van der Waals surface area contributed by atoms with Gasteiger partial charge in [-0.25, -0.2) is 0 Å². The van der Waals surface area contributed by atoms with E-state index in [1.165, 1.54) is 4.88 Å². The van der Waals surface area contributed by atoms with Crippen LogP contribution in [0.2, 0.25) is 0 Å². The molecule has 2 aromatic rings. The van der Waals surface area contributed by atoms with Gasteiger partial charge in [0.25, 0.3) is 0 Å². The lowest BCUT2D eigenvalue weighted by Gasteiger charge is -2.02. The Morgan fingerprint density at radius 3 is 2.50 bits per heavy atom. The lowest BCUT2D eigenvalue weighted by atomic mass is 10.1. The summed E-state index contributed by atoms with van der Waals surface area (Å²) in [4.78, 5) is 11.8. The molecule has 0 aliphatic heterocycles. The van der Waals surface area contributed by atoms with Crippen LogP contribution in [0.15, 0.2) is 41.8 Å². The van der Waals surface area contributed by atoms with Gasteiger partial charge in [0, 0.05) is 21.4 Å². The quantitative estimate of drug-likeness (QED) is 0.911. The summed E-state index contributed by atoms with van der Waals surface area (Å²) in [5.74, 6) is -0.233. The molecular weight excluding hydrogens is 266 g/mol. The number of nitrogens with two attached hydrogens (primary N) is 1. The van der Waals surface area contributed by atoms with Crippen molar-refractivity contribution in [2.75, 3.05) is 5.75 Å². The molecule has 1 aromatic carbocycles. The number of carbonyl (C=O) groups excluding carboxylic acids is 1. The van der Waals surface area contributed by atoms with E-state index in [2.05, 4.69) is 6.07 Å². The third-order valence-corrected chi connectivity index (χ3v) is 4.57. The summed E-state index contributed by atoms with van der Waals surface area (Å²) in [5.41, 5.74) is 7.11. The summed E-state index contributed by atoms with van der Waals surface area (Å²) < 4.78 is 11.5. The third kappa shape index (κ3) is 3.51. The Morgan fingerprint density at radius 1 is 1.22 bits per heavy atom. The predicted octanol–water partition coefficient (Wildman–Crippen LogP) is 2.15. The number of benzene rings is 1. The van der Waals surface area contributed by atoms with Crippen LogP contribution in [0.25, 0.3) is 10.4 Å². The normalized spacial score (nSPS) is 12.2. The van der Waals surface area contributed by atoms with Gasteiger partial charge in [-0.15, -0.1) is 11.3 Å². The smallest absolute Gasteiger partial charge is 0.230 e. The van der Waals surface area contributed by atoms with Crippen LogP contribution in [0.4, 0.5) is 0 Å². The molecule has 0 radical (unpaired) electrons. The number of rotatable bonds is 5. The first kappa shape index (κ1) is 13.0. The molecule has 0 fully saturated rings. The topological polar surface area (TPSA) is 60.2 Å². The van der Waals surface area contributed by atoms with E-state index in [-0.39, 0.29) is 5.75 Å². The molecule has 0 unspecified atom stereocenters. The average Bonchev–Trinajstić information content (AvgIpc) is 2.82. The van der Waals surface area contributed by atoms with E-state index in [0.29, 0.717) is 5.75 Å². The summed E-state index contributed by atoms with van der Waals surface area (Å²) in [6.45, 7) is 0. The fraction of sp³-hybridized carbons (Fsp3) is 0.154. The van der Waals surface area contributed by atoms with E-state index >= 15 is 0 Å². The SMILES string of the molecule is NC(=O)C[S@](=O)Cc1ccc(-c2cccs2)cc1.